The van der Waals surface area contributed by atoms with Crippen LogP contribution in [-0.2, 0) is 18.1 Å². The zero-order valence-corrected chi connectivity index (χ0v) is 13.1. The van der Waals surface area contributed by atoms with Crippen LogP contribution in [0.1, 0.15) is 27.7 Å². The molecule has 0 aromatic heterocycles. The highest BCUT2D eigenvalue weighted by Gasteiger charge is 2.31. The van der Waals surface area contributed by atoms with Gasteiger partial charge in [0, 0.05) is 4.99 Å². The molecule has 0 aromatic carbocycles. The Morgan fingerprint density at radius 3 is 1.87 bits per heavy atom. The molecule has 0 fully saturated rings. The van der Waals surface area contributed by atoms with Crippen molar-refractivity contribution in [1.82, 2.24) is 0 Å². The Bertz CT molecular complexity index is 251. The lowest BCUT2D eigenvalue weighted by molar-refractivity contribution is 0.0925. The molecule has 0 unspecified atom stereocenters. The van der Waals surface area contributed by atoms with Gasteiger partial charge in [-0.25, -0.2) is 4.57 Å². The van der Waals surface area contributed by atoms with Gasteiger partial charge in [0.25, 0.3) is 0 Å². The molecule has 15 heavy (non-hydrogen) atoms. The van der Waals surface area contributed by atoms with Crippen LogP contribution in [0.3, 0.4) is 0 Å². The molecule has 0 rings (SSSR count). The van der Waals surface area contributed by atoms with Crippen molar-refractivity contribution in [2.45, 2.75) is 39.9 Å². The van der Waals surface area contributed by atoms with Gasteiger partial charge in [-0.2, -0.15) is 0 Å². The second-order valence-corrected chi connectivity index (χ2v) is 6.00. The molecule has 7 heteroatoms. The van der Waals surface area contributed by atoms with E-state index in [0.29, 0.717) is 0 Å². The summed E-state index contributed by atoms with van der Waals surface area (Å²) in [5.41, 5.74) is 0. The van der Waals surface area contributed by atoms with E-state index in [1.165, 1.54) is 4.99 Å². The predicted octanol–water partition coefficient (Wildman–Crippen LogP) is 4.55. The Kier molecular flexibility index (Phi) is 7.38. The van der Waals surface area contributed by atoms with Gasteiger partial charge in [-0.3, -0.25) is 9.05 Å². The van der Waals surface area contributed by atoms with Gasteiger partial charge < -0.3 is 4.52 Å². The molecule has 0 atom stereocenters. The van der Waals surface area contributed by atoms with Crippen LogP contribution in [-0.4, -0.2) is 12.2 Å². The maximum Gasteiger partial charge on any atom is 0.531 e. The second kappa shape index (κ2) is 7.07. The van der Waals surface area contributed by atoms with Crippen molar-refractivity contribution < 1.29 is 18.1 Å². The quantitative estimate of drug-likeness (QED) is 0.511. The summed E-state index contributed by atoms with van der Waals surface area (Å²) in [6.45, 7) is 7.02. The number of halogens is 2. The first-order valence-electron chi connectivity index (χ1n) is 4.41. The summed E-state index contributed by atoms with van der Waals surface area (Å²) in [6.07, 6.45) is -0.490. The minimum atomic E-state index is -3.55. The number of phosphoric ester groups is 1. The first-order chi connectivity index (χ1) is 6.79. The van der Waals surface area contributed by atoms with Crippen LogP contribution in [0.25, 0.3) is 0 Å². The Morgan fingerprint density at radius 1 is 1.20 bits per heavy atom. The minimum absolute atomic E-state index is 0.245. The van der Waals surface area contributed by atoms with Crippen LogP contribution in [0.15, 0.2) is 9.65 Å². The monoisotopic (exact) mass is 364 g/mol. The topological polar surface area (TPSA) is 44.8 Å². The standard InChI is InChI=1S/C8H15Br2O4P/c1-6(2)12-15(11,13-7(3)4)14-8(10)5-9/h5-7H,1-4H3/b8-5+. The van der Waals surface area contributed by atoms with Gasteiger partial charge in [0.1, 0.15) is 0 Å². The molecule has 0 aliphatic heterocycles. The summed E-state index contributed by atoms with van der Waals surface area (Å²) in [4.78, 5) is 1.44. The normalized spacial score (nSPS) is 13.7. The van der Waals surface area contributed by atoms with Crippen LogP contribution in [0, 0.1) is 0 Å². The van der Waals surface area contributed by atoms with E-state index in [4.69, 9.17) is 13.6 Å². The maximum absolute atomic E-state index is 12.0. The Balaban J connectivity index is 4.62. The summed E-state index contributed by atoms with van der Waals surface area (Å²) >= 11 is 6.09. The van der Waals surface area contributed by atoms with Crippen LogP contribution < -0.4 is 0 Å². The molecule has 0 saturated carbocycles. The molecule has 0 N–H and O–H groups in total. The predicted molar refractivity (Wildman–Crippen MR) is 67.1 cm³/mol. The molecule has 0 spiro atoms. The minimum Gasteiger partial charge on any atom is -0.396 e. The first-order valence-corrected chi connectivity index (χ1v) is 7.58. The van der Waals surface area contributed by atoms with Gasteiger partial charge in [0.05, 0.1) is 12.2 Å². The first kappa shape index (κ1) is 15.7. The van der Waals surface area contributed by atoms with Crippen molar-refractivity contribution in [2.24, 2.45) is 0 Å². The fourth-order valence-electron chi connectivity index (χ4n) is 0.711. The average molecular weight is 366 g/mol. The van der Waals surface area contributed by atoms with Gasteiger partial charge in [-0.1, -0.05) is 15.9 Å². The van der Waals surface area contributed by atoms with E-state index in [0.717, 1.165) is 0 Å². The molecule has 0 bridgehead atoms. The highest BCUT2D eigenvalue weighted by atomic mass is 79.9. The number of rotatable bonds is 6. The lowest BCUT2D eigenvalue weighted by Crippen LogP contribution is -2.09. The number of phosphoric acid groups is 1. The van der Waals surface area contributed by atoms with E-state index in [1.54, 1.807) is 27.7 Å². The third kappa shape index (κ3) is 7.53. The van der Waals surface area contributed by atoms with E-state index in [-0.39, 0.29) is 16.9 Å². The van der Waals surface area contributed by atoms with Crippen molar-refractivity contribution in [2.75, 3.05) is 0 Å². The van der Waals surface area contributed by atoms with E-state index in [9.17, 15) is 4.57 Å². The summed E-state index contributed by atoms with van der Waals surface area (Å²) in [7, 11) is -3.55. The van der Waals surface area contributed by atoms with Crippen molar-refractivity contribution in [3.63, 3.8) is 0 Å². The number of hydrogen-bond acceptors (Lipinski definition) is 4. The molecule has 4 nitrogen and oxygen atoms in total. The largest absolute Gasteiger partial charge is 0.531 e. The lowest BCUT2D eigenvalue weighted by Gasteiger charge is -2.21. The highest BCUT2D eigenvalue weighted by Crippen LogP contribution is 2.54. The zero-order chi connectivity index (χ0) is 12.1. The summed E-state index contributed by atoms with van der Waals surface area (Å²) in [5, 5.41) is 0. The average Bonchev–Trinajstić information content (AvgIpc) is 1.99. The van der Waals surface area contributed by atoms with Gasteiger partial charge >= 0.3 is 7.82 Å². The fraction of sp³-hybridized carbons (Fsp3) is 0.750. The lowest BCUT2D eigenvalue weighted by atomic mass is 10.5. The van der Waals surface area contributed by atoms with Crippen LogP contribution in [0.4, 0.5) is 0 Å². The second-order valence-electron chi connectivity index (χ2n) is 3.26. The fourth-order valence-corrected chi connectivity index (χ4v) is 2.92. The van der Waals surface area contributed by atoms with Crippen molar-refractivity contribution in [1.29, 1.82) is 0 Å². The van der Waals surface area contributed by atoms with Gasteiger partial charge in [-0.05, 0) is 43.6 Å². The molecule has 90 valence electrons. The molecular formula is C8H15Br2O4P. The SMILES string of the molecule is CC(C)OP(=O)(O/C(Br)=C/Br)OC(C)C. The maximum atomic E-state index is 12.0. The molecule has 0 radical (unpaired) electrons. The Labute approximate surface area is 107 Å². The Hall–Kier alpha value is 0.650. The smallest absolute Gasteiger partial charge is 0.396 e. The highest BCUT2D eigenvalue weighted by molar-refractivity contribution is 9.13. The van der Waals surface area contributed by atoms with E-state index in [2.05, 4.69) is 31.9 Å². The molecule has 0 heterocycles. The molecule has 0 aliphatic carbocycles. The Morgan fingerprint density at radius 2 is 1.60 bits per heavy atom. The van der Waals surface area contributed by atoms with Gasteiger partial charge in [0.15, 0.2) is 4.67 Å². The van der Waals surface area contributed by atoms with Crippen LogP contribution >= 0.6 is 39.7 Å². The van der Waals surface area contributed by atoms with Crippen molar-refractivity contribution >= 4 is 39.7 Å². The van der Waals surface area contributed by atoms with E-state index < -0.39 is 7.82 Å². The number of hydrogen-bond donors (Lipinski definition) is 0. The van der Waals surface area contributed by atoms with Gasteiger partial charge in [0.2, 0.25) is 0 Å². The van der Waals surface area contributed by atoms with Crippen molar-refractivity contribution in [3.05, 3.63) is 9.65 Å². The zero-order valence-electron chi connectivity index (χ0n) is 9.07. The van der Waals surface area contributed by atoms with Crippen LogP contribution in [0.2, 0.25) is 0 Å². The van der Waals surface area contributed by atoms with Crippen LogP contribution in [0.5, 0.6) is 0 Å². The molecule has 0 aliphatic rings. The van der Waals surface area contributed by atoms with Crippen molar-refractivity contribution in [3.8, 4) is 0 Å². The summed E-state index contributed by atoms with van der Waals surface area (Å²) in [6, 6.07) is 0. The van der Waals surface area contributed by atoms with E-state index in [1.807, 2.05) is 0 Å². The van der Waals surface area contributed by atoms with Gasteiger partial charge in [-0.15, -0.1) is 0 Å². The molecule has 0 saturated heterocycles. The third-order valence-corrected chi connectivity index (χ3v) is 4.42. The molecule has 0 amide bonds. The third-order valence-electron chi connectivity index (χ3n) is 0.965. The summed E-state index contributed by atoms with van der Waals surface area (Å²) < 4.78 is 27.6. The summed E-state index contributed by atoms with van der Waals surface area (Å²) in [5.74, 6) is 0. The molecular weight excluding hydrogens is 351 g/mol. The molecule has 0 aromatic rings. The van der Waals surface area contributed by atoms with E-state index >= 15 is 0 Å².